The minimum Gasteiger partial charge on any atom is -0.319 e. The first-order valence-electron chi connectivity index (χ1n) is 8.80. The maximum atomic E-state index is 12.6. The lowest BCUT2D eigenvalue weighted by Crippen LogP contribution is -2.23. The van der Waals surface area contributed by atoms with E-state index in [1.807, 2.05) is 23.6 Å². The van der Waals surface area contributed by atoms with Crippen LogP contribution in [0.3, 0.4) is 0 Å². The van der Waals surface area contributed by atoms with Crippen molar-refractivity contribution in [2.24, 2.45) is 0 Å². The molecule has 1 N–H and O–H groups in total. The summed E-state index contributed by atoms with van der Waals surface area (Å²) in [5.41, 5.74) is 0.876. The van der Waals surface area contributed by atoms with Gasteiger partial charge in [0.2, 0.25) is 5.91 Å². The lowest BCUT2D eigenvalue weighted by molar-refractivity contribution is -0.383. The number of rotatable bonds is 7. The van der Waals surface area contributed by atoms with Gasteiger partial charge in [0.15, 0.2) is 11.0 Å². The Morgan fingerprint density at radius 1 is 1.24 bits per heavy atom. The number of nitrogens with one attached hydrogen (secondary N) is 1. The van der Waals surface area contributed by atoms with E-state index in [0.29, 0.717) is 22.5 Å². The number of hydrogen-bond donors (Lipinski definition) is 1. The van der Waals surface area contributed by atoms with Crippen LogP contribution in [0.2, 0.25) is 5.02 Å². The van der Waals surface area contributed by atoms with Gasteiger partial charge in [-0.15, -0.1) is 10.2 Å². The highest BCUT2D eigenvalue weighted by atomic mass is 35.5. The molecule has 0 aliphatic heterocycles. The molecular weight excluding hydrogens is 414 g/mol. The Morgan fingerprint density at radius 2 is 1.93 bits per heavy atom. The molecule has 0 aliphatic rings. The molecule has 3 aromatic rings. The van der Waals surface area contributed by atoms with E-state index in [4.69, 9.17) is 11.6 Å². The zero-order valence-electron chi connectivity index (χ0n) is 15.7. The van der Waals surface area contributed by atoms with Gasteiger partial charge < -0.3 is 9.88 Å². The summed E-state index contributed by atoms with van der Waals surface area (Å²) >= 11 is 7.18. The topological polar surface area (TPSA) is 103 Å². The van der Waals surface area contributed by atoms with Crippen molar-refractivity contribution in [3.63, 3.8) is 0 Å². The number of benzene rings is 2. The predicted molar refractivity (Wildman–Crippen MR) is 113 cm³/mol. The van der Waals surface area contributed by atoms with Crippen LogP contribution in [0.15, 0.2) is 53.7 Å². The van der Waals surface area contributed by atoms with E-state index in [9.17, 15) is 14.9 Å². The average Bonchev–Trinajstić information content (AvgIpc) is 3.11. The Morgan fingerprint density at radius 3 is 2.59 bits per heavy atom. The van der Waals surface area contributed by atoms with Gasteiger partial charge in [-0.2, -0.15) is 0 Å². The molecule has 1 aromatic heterocycles. The standard InChI is InChI=1S/C19H18ClN5O3S/c1-3-24-17(13-8-10-14(20)11-9-13)22-23-19(24)29-12(2)18(26)21-15-6-4-5-7-16(15)25(27)28/h4-12H,3H2,1-2H3,(H,21,26). The van der Waals surface area contributed by atoms with Crippen molar-refractivity contribution in [2.75, 3.05) is 5.32 Å². The molecule has 1 unspecified atom stereocenters. The number of aromatic nitrogens is 3. The van der Waals surface area contributed by atoms with Crippen molar-refractivity contribution >= 4 is 40.6 Å². The summed E-state index contributed by atoms with van der Waals surface area (Å²) in [6.45, 7) is 4.29. The highest BCUT2D eigenvalue weighted by Gasteiger charge is 2.22. The molecule has 0 fully saturated rings. The molecule has 8 nitrogen and oxygen atoms in total. The van der Waals surface area contributed by atoms with Gasteiger partial charge in [-0.05, 0) is 44.2 Å². The minimum absolute atomic E-state index is 0.153. The summed E-state index contributed by atoms with van der Waals surface area (Å²) in [5.74, 6) is 0.320. The summed E-state index contributed by atoms with van der Waals surface area (Å²) < 4.78 is 1.91. The summed E-state index contributed by atoms with van der Waals surface area (Å²) in [4.78, 5) is 23.2. The minimum atomic E-state index is -0.539. The SMILES string of the molecule is CCn1c(SC(C)C(=O)Nc2ccccc2[N+](=O)[O-])nnc1-c1ccc(Cl)cc1. The van der Waals surface area contributed by atoms with Crippen LogP contribution in [0.4, 0.5) is 11.4 Å². The molecule has 150 valence electrons. The van der Waals surface area contributed by atoms with Crippen LogP contribution in [0.1, 0.15) is 13.8 Å². The van der Waals surface area contributed by atoms with Crippen LogP contribution >= 0.6 is 23.4 Å². The van der Waals surface area contributed by atoms with Gasteiger partial charge in [0.25, 0.3) is 5.69 Å². The highest BCUT2D eigenvalue weighted by molar-refractivity contribution is 8.00. The average molecular weight is 432 g/mol. The lowest BCUT2D eigenvalue weighted by atomic mass is 10.2. The Bertz CT molecular complexity index is 1040. The van der Waals surface area contributed by atoms with Crippen LogP contribution < -0.4 is 5.32 Å². The number of halogens is 1. The van der Waals surface area contributed by atoms with Gasteiger partial charge in [0.1, 0.15) is 5.69 Å². The van der Waals surface area contributed by atoms with Crippen LogP contribution in [0, 0.1) is 10.1 Å². The van der Waals surface area contributed by atoms with Crippen LogP contribution in [0.25, 0.3) is 11.4 Å². The third kappa shape index (κ3) is 4.75. The third-order valence-corrected chi connectivity index (χ3v) is 5.48. The molecule has 0 saturated carbocycles. The Hall–Kier alpha value is -2.91. The van der Waals surface area contributed by atoms with Gasteiger partial charge in [-0.25, -0.2) is 0 Å². The van der Waals surface area contributed by atoms with Crippen molar-refractivity contribution in [2.45, 2.75) is 30.8 Å². The zero-order valence-corrected chi connectivity index (χ0v) is 17.3. The second-order valence-electron chi connectivity index (χ2n) is 6.08. The van der Waals surface area contributed by atoms with Gasteiger partial charge >= 0.3 is 0 Å². The van der Waals surface area contributed by atoms with E-state index in [2.05, 4.69) is 15.5 Å². The van der Waals surface area contributed by atoms with Crippen molar-refractivity contribution in [3.8, 4) is 11.4 Å². The first-order chi connectivity index (χ1) is 13.9. The summed E-state index contributed by atoms with van der Waals surface area (Å²) in [6, 6.07) is 13.3. The van der Waals surface area contributed by atoms with E-state index in [1.165, 1.54) is 23.9 Å². The molecular formula is C19H18ClN5O3S. The maximum Gasteiger partial charge on any atom is 0.292 e. The number of thioether (sulfide) groups is 1. The number of nitro benzene ring substituents is 1. The molecule has 1 amide bonds. The largest absolute Gasteiger partial charge is 0.319 e. The molecule has 29 heavy (non-hydrogen) atoms. The second-order valence-corrected chi connectivity index (χ2v) is 7.83. The van der Waals surface area contributed by atoms with Crippen molar-refractivity contribution in [1.82, 2.24) is 14.8 Å². The second kappa shape index (κ2) is 9.06. The number of carbonyl (C=O) groups is 1. The number of nitro groups is 1. The number of nitrogens with zero attached hydrogens (tertiary/aromatic N) is 4. The first-order valence-corrected chi connectivity index (χ1v) is 10.1. The normalized spacial score (nSPS) is 11.8. The molecule has 0 aliphatic carbocycles. The molecule has 2 aromatic carbocycles. The number of amides is 1. The highest BCUT2D eigenvalue weighted by Crippen LogP contribution is 2.29. The monoisotopic (exact) mass is 431 g/mol. The number of hydrogen-bond acceptors (Lipinski definition) is 6. The van der Waals surface area contributed by atoms with E-state index in [1.54, 1.807) is 31.2 Å². The van der Waals surface area contributed by atoms with Crippen molar-refractivity contribution in [3.05, 3.63) is 63.7 Å². The Kier molecular flexibility index (Phi) is 6.50. The quantitative estimate of drug-likeness (QED) is 0.332. The van der Waals surface area contributed by atoms with Gasteiger partial charge in [0, 0.05) is 23.2 Å². The lowest BCUT2D eigenvalue weighted by Gasteiger charge is -2.13. The molecule has 0 spiro atoms. The zero-order chi connectivity index (χ0) is 21.0. The van der Waals surface area contributed by atoms with Gasteiger partial charge in [-0.3, -0.25) is 14.9 Å². The Labute approximate surface area is 176 Å². The Balaban J connectivity index is 1.77. The molecule has 3 rings (SSSR count). The smallest absolute Gasteiger partial charge is 0.292 e. The number of para-hydroxylation sites is 2. The fourth-order valence-electron chi connectivity index (χ4n) is 2.66. The summed E-state index contributed by atoms with van der Waals surface area (Å²) in [6.07, 6.45) is 0. The fourth-order valence-corrected chi connectivity index (χ4v) is 3.70. The van der Waals surface area contributed by atoms with E-state index >= 15 is 0 Å². The third-order valence-electron chi connectivity index (χ3n) is 4.15. The molecule has 10 heteroatoms. The fraction of sp³-hybridized carbons (Fsp3) is 0.211. The predicted octanol–water partition coefficient (Wildman–Crippen LogP) is 4.65. The summed E-state index contributed by atoms with van der Waals surface area (Å²) in [7, 11) is 0. The summed E-state index contributed by atoms with van der Waals surface area (Å²) in [5, 5.41) is 22.9. The number of anilines is 1. The molecule has 0 bridgehead atoms. The molecule has 0 saturated heterocycles. The number of carbonyl (C=O) groups excluding carboxylic acids is 1. The van der Waals surface area contributed by atoms with Crippen molar-refractivity contribution in [1.29, 1.82) is 0 Å². The van der Waals surface area contributed by atoms with Gasteiger partial charge in [-0.1, -0.05) is 35.5 Å². The van der Waals surface area contributed by atoms with Crippen LogP contribution in [-0.2, 0) is 11.3 Å². The van der Waals surface area contributed by atoms with Crippen molar-refractivity contribution < 1.29 is 9.72 Å². The molecule has 1 atom stereocenters. The van der Waals surface area contributed by atoms with E-state index in [0.717, 1.165) is 5.56 Å². The van der Waals surface area contributed by atoms with E-state index in [-0.39, 0.29) is 17.3 Å². The van der Waals surface area contributed by atoms with E-state index < -0.39 is 10.2 Å². The van der Waals surface area contributed by atoms with Gasteiger partial charge in [0.05, 0.1) is 10.2 Å². The first kappa shape index (κ1) is 20.8. The molecule has 1 heterocycles. The van der Waals surface area contributed by atoms with Crippen LogP contribution in [-0.4, -0.2) is 30.8 Å². The maximum absolute atomic E-state index is 12.6. The van der Waals surface area contributed by atoms with Crippen LogP contribution in [0.5, 0.6) is 0 Å². The molecule has 0 radical (unpaired) electrons.